The summed E-state index contributed by atoms with van der Waals surface area (Å²) in [6.45, 7) is 10.2. The van der Waals surface area contributed by atoms with E-state index < -0.39 is 0 Å². The van der Waals surface area contributed by atoms with Crippen LogP contribution < -0.4 is 4.90 Å². The Balaban J connectivity index is 1.90. The highest BCUT2D eigenvalue weighted by Gasteiger charge is 2.25. The minimum absolute atomic E-state index is 0.475. The Morgan fingerprint density at radius 1 is 1.14 bits per heavy atom. The SMILES string of the molecule is CC(C)CN1CN(C)Cc2cc(C(C)c3ccccc3)sc21. The zero-order chi connectivity index (χ0) is 15.7. The molecule has 0 spiro atoms. The van der Waals surface area contributed by atoms with Crippen LogP contribution in [0.15, 0.2) is 36.4 Å². The second-order valence-corrected chi connectivity index (χ2v) is 7.95. The van der Waals surface area contributed by atoms with Crippen molar-refractivity contribution in [2.75, 3.05) is 25.2 Å². The molecule has 0 radical (unpaired) electrons. The third-order valence-corrected chi connectivity index (χ3v) is 5.68. The van der Waals surface area contributed by atoms with Crippen molar-refractivity contribution in [2.24, 2.45) is 5.92 Å². The quantitative estimate of drug-likeness (QED) is 0.802. The van der Waals surface area contributed by atoms with E-state index in [1.165, 1.54) is 21.0 Å². The molecule has 0 bridgehead atoms. The van der Waals surface area contributed by atoms with Crippen LogP contribution in [0.1, 0.15) is 42.7 Å². The summed E-state index contributed by atoms with van der Waals surface area (Å²) in [6, 6.07) is 13.3. The van der Waals surface area contributed by atoms with Crippen LogP contribution in [-0.4, -0.2) is 25.2 Å². The topological polar surface area (TPSA) is 6.48 Å². The van der Waals surface area contributed by atoms with Gasteiger partial charge in [0.05, 0.1) is 11.7 Å². The molecule has 118 valence electrons. The number of anilines is 1. The fourth-order valence-electron chi connectivity index (χ4n) is 3.22. The van der Waals surface area contributed by atoms with Gasteiger partial charge in [0.2, 0.25) is 0 Å². The number of hydrogen-bond acceptors (Lipinski definition) is 3. The zero-order valence-electron chi connectivity index (χ0n) is 14.0. The fraction of sp³-hybridized carbons (Fsp3) is 0.474. The van der Waals surface area contributed by atoms with Crippen molar-refractivity contribution in [3.8, 4) is 0 Å². The number of benzene rings is 1. The molecule has 1 aromatic carbocycles. The molecule has 22 heavy (non-hydrogen) atoms. The van der Waals surface area contributed by atoms with E-state index in [0.717, 1.165) is 19.8 Å². The summed E-state index contributed by atoms with van der Waals surface area (Å²) in [5.74, 6) is 1.17. The molecule has 2 nitrogen and oxygen atoms in total. The Labute approximate surface area is 138 Å². The molecule has 0 N–H and O–H groups in total. The van der Waals surface area contributed by atoms with Crippen molar-refractivity contribution in [1.82, 2.24) is 4.90 Å². The van der Waals surface area contributed by atoms with E-state index in [1.54, 1.807) is 0 Å². The Morgan fingerprint density at radius 2 is 1.86 bits per heavy atom. The average Bonchev–Trinajstić information content (AvgIpc) is 2.90. The summed E-state index contributed by atoms with van der Waals surface area (Å²) >= 11 is 1.99. The molecule has 0 aliphatic carbocycles. The molecule has 2 heterocycles. The molecular weight excluding hydrogens is 288 g/mol. The third-order valence-electron chi connectivity index (χ3n) is 4.26. The zero-order valence-corrected chi connectivity index (χ0v) is 14.9. The van der Waals surface area contributed by atoms with E-state index in [-0.39, 0.29) is 0 Å². The molecule has 1 aromatic heterocycles. The van der Waals surface area contributed by atoms with E-state index in [1.807, 2.05) is 11.3 Å². The number of rotatable bonds is 4. The van der Waals surface area contributed by atoms with Gasteiger partial charge in [0.15, 0.2) is 0 Å². The van der Waals surface area contributed by atoms with Gasteiger partial charge >= 0.3 is 0 Å². The van der Waals surface area contributed by atoms with Crippen molar-refractivity contribution in [3.63, 3.8) is 0 Å². The van der Waals surface area contributed by atoms with Crippen LogP contribution in [-0.2, 0) is 6.54 Å². The van der Waals surface area contributed by atoms with Crippen LogP contribution in [0.5, 0.6) is 0 Å². The van der Waals surface area contributed by atoms with Gasteiger partial charge in [-0.25, -0.2) is 0 Å². The largest absolute Gasteiger partial charge is 0.350 e. The number of hydrogen-bond donors (Lipinski definition) is 0. The number of fused-ring (bicyclic) bond motifs is 1. The Bertz CT molecular complexity index is 618. The Hall–Kier alpha value is -1.32. The maximum absolute atomic E-state index is 2.55. The summed E-state index contributed by atoms with van der Waals surface area (Å²) in [5.41, 5.74) is 2.90. The molecule has 0 saturated carbocycles. The van der Waals surface area contributed by atoms with E-state index >= 15 is 0 Å². The molecular formula is C19H26N2S. The van der Waals surface area contributed by atoms with Crippen molar-refractivity contribution in [3.05, 3.63) is 52.4 Å². The maximum Gasteiger partial charge on any atom is 0.0967 e. The minimum Gasteiger partial charge on any atom is -0.350 e. The second kappa shape index (κ2) is 6.43. The van der Waals surface area contributed by atoms with Gasteiger partial charge in [-0.3, -0.25) is 4.90 Å². The lowest BCUT2D eigenvalue weighted by molar-refractivity contribution is 0.305. The molecule has 1 aliphatic rings. The normalized spacial score (nSPS) is 16.9. The van der Waals surface area contributed by atoms with Crippen molar-refractivity contribution in [2.45, 2.75) is 33.2 Å². The average molecular weight is 314 g/mol. The van der Waals surface area contributed by atoms with E-state index in [9.17, 15) is 0 Å². The van der Waals surface area contributed by atoms with Gasteiger partial charge in [-0.2, -0.15) is 0 Å². The Kier molecular flexibility index (Phi) is 4.55. The van der Waals surface area contributed by atoms with Gasteiger partial charge in [0.1, 0.15) is 0 Å². The van der Waals surface area contributed by atoms with Gasteiger partial charge in [-0.15, -0.1) is 11.3 Å². The van der Waals surface area contributed by atoms with Gasteiger partial charge in [0, 0.05) is 29.4 Å². The van der Waals surface area contributed by atoms with Crippen LogP contribution in [0.2, 0.25) is 0 Å². The van der Waals surface area contributed by atoms with Crippen molar-refractivity contribution < 1.29 is 0 Å². The highest BCUT2D eigenvalue weighted by Crippen LogP contribution is 2.40. The van der Waals surface area contributed by atoms with Crippen LogP contribution in [0, 0.1) is 5.92 Å². The lowest BCUT2D eigenvalue weighted by atomic mass is 9.99. The van der Waals surface area contributed by atoms with Crippen molar-refractivity contribution in [1.29, 1.82) is 0 Å². The predicted octanol–water partition coefficient (Wildman–Crippen LogP) is 4.77. The molecule has 2 aromatic rings. The summed E-state index contributed by atoms with van der Waals surface area (Å²) in [5, 5.41) is 1.49. The molecule has 0 saturated heterocycles. The molecule has 3 heteroatoms. The van der Waals surface area contributed by atoms with Crippen molar-refractivity contribution >= 4 is 16.3 Å². The lowest BCUT2D eigenvalue weighted by Gasteiger charge is -2.35. The summed E-state index contributed by atoms with van der Waals surface area (Å²) in [4.78, 5) is 6.45. The molecule has 0 amide bonds. The lowest BCUT2D eigenvalue weighted by Crippen LogP contribution is -2.41. The minimum atomic E-state index is 0.475. The van der Waals surface area contributed by atoms with Crippen LogP contribution >= 0.6 is 11.3 Å². The van der Waals surface area contributed by atoms with Crippen LogP contribution in [0.4, 0.5) is 5.00 Å². The first kappa shape index (κ1) is 15.6. The first-order valence-electron chi connectivity index (χ1n) is 8.15. The van der Waals surface area contributed by atoms with Gasteiger partial charge in [-0.05, 0) is 24.6 Å². The third kappa shape index (κ3) is 3.21. The Morgan fingerprint density at radius 3 is 2.55 bits per heavy atom. The van der Waals surface area contributed by atoms with Gasteiger partial charge in [0.25, 0.3) is 0 Å². The van der Waals surface area contributed by atoms with E-state index in [4.69, 9.17) is 0 Å². The van der Waals surface area contributed by atoms with Gasteiger partial charge < -0.3 is 4.90 Å². The first-order valence-corrected chi connectivity index (χ1v) is 8.97. The standard InChI is InChI=1S/C19H26N2S/c1-14(2)11-21-13-20(4)12-17-10-18(22-19(17)21)15(3)16-8-6-5-7-9-16/h5-10,14-15H,11-13H2,1-4H3. The summed E-state index contributed by atoms with van der Waals surface area (Å²) in [7, 11) is 2.22. The van der Waals surface area contributed by atoms with Crippen LogP contribution in [0.3, 0.4) is 0 Å². The second-order valence-electron chi connectivity index (χ2n) is 6.88. The highest BCUT2D eigenvalue weighted by atomic mass is 32.1. The maximum atomic E-state index is 2.55. The molecule has 1 unspecified atom stereocenters. The van der Waals surface area contributed by atoms with E-state index in [0.29, 0.717) is 11.8 Å². The summed E-state index contributed by atoms with van der Waals surface area (Å²) in [6.07, 6.45) is 0. The molecule has 1 aliphatic heterocycles. The number of thiophene rings is 1. The molecule has 1 atom stereocenters. The predicted molar refractivity (Wildman–Crippen MR) is 96.8 cm³/mol. The molecule has 3 rings (SSSR count). The van der Waals surface area contributed by atoms with Crippen LogP contribution in [0.25, 0.3) is 0 Å². The van der Waals surface area contributed by atoms with E-state index in [2.05, 4.69) is 74.0 Å². The fourth-order valence-corrected chi connectivity index (χ4v) is 4.47. The highest BCUT2D eigenvalue weighted by molar-refractivity contribution is 7.16. The van der Waals surface area contributed by atoms with Gasteiger partial charge in [-0.1, -0.05) is 51.1 Å². The first-order chi connectivity index (χ1) is 10.5. The number of nitrogens with zero attached hydrogens (tertiary/aromatic N) is 2. The summed E-state index contributed by atoms with van der Waals surface area (Å²) < 4.78 is 0. The molecule has 0 fully saturated rings. The smallest absolute Gasteiger partial charge is 0.0967 e. The monoisotopic (exact) mass is 314 g/mol.